The maximum Gasteiger partial charge on any atom is 0.282 e. The number of halogens is 1. The summed E-state index contributed by atoms with van der Waals surface area (Å²) in [5, 5.41) is 3.18. The molecular formula is C29H28BrN3O3. The molecule has 3 aromatic carbocycles. The maximum absolute atomic E-state index is 13.7. The Labute approximate surface area is 218 Å². The predicted octanol–water partition coefficient (Wildman–Crippen LogP) is 5.95. The largest absolute Gasteiger partial charge is 0.331 e. The fourth-order valence-electron chi connectivity index (χ4n) is 4.24. The molecule has 0 aliphatic carbocycles. The number of Topliss-reactive ketones (excluding diaryl/α,β-unsaturated/α-hetero) is 1. The fourth-order valence-corrected chi connectivity index (χ4v) is 4.64. The average Bonchev–Trinajstić information content (AvgIpc) is 3.22. The van der Waals surface area contributed by atoms with E-state index in [-0.39, 0.29) is 18.0 Å². The van der Waals surface area contributed by atoms with Crippen molar-refractivity contribution in [2.24, 2.45) is 0 Å². The number of aromatic amines is 1. The Kier molecular flexibility index (Phi) is 7.70. The van der Waals surface area contributed by atoms with Crippen molar-refractivity contribution < 1.29 is 9.59 Å². The molecule has 1 aromatic heterocycles. The summed E-state index contributed by atoms with van der Waals surface area (Å²) in [6.45, 7) is 6.07. The molecule has 0 bridgehead atoms. The van der Waals surface area contributed by atoms with Gasteiger partial charge >= 0.3 is 0 Å². The van der Waals surface area contributed by atoms with Crippen LogP contribution in [0.1, 0.15) is 45.2 Å². The van der Waals surface area contributed by atoms with Crippen LogP contribution in [-0.4, -0.2) is 39.5 Å². The van der Waals surface area contributed by atoms with Crippen molar-refractivity contribution in [2.45, 2.75) is 27.2 Å². The number of carbonyl (C=O) groups excluding carboxylic acids is 2. The van der Waals surface area contributed by atoms with Crippen LogP contribution >= 0.6 is 15.9 Å². The smallest absolute Gasteiger partial charge is 0.282 e. The number of aromatic nitrogens is 2. The van der Waals surface area contributed by atoms with Gasteiger partial charge in [-0.25, -0.2) is 4.68 Å². The summed E-state index contributed by atoms with van der Waals surface area (Å²) in [6, 6.07) is 22.1. The van der Waals surface area contributed by atoms with Gasteiger partial charge in [-0.3, -0.25) is 19.5 Å². The highest BCUT2D eigenvalue weighted by Crippen LogP contribution is 2.24. The normalized spacial score (nSPS) is 10.9. The number of carbonyl (C=O) groups is 2. The molecule has 0 unspecified atom stereocenters. The molecule has 0 saturated heterocycles. The van der Waals surface area contributed by atoms with Crippen LogP contribution in [0.25, 0.3) is 16.9 Å². The van der Waals surface area contributed by atoms with E-state index in [4.69, 9.17) is 0 Å². The Bertz CT molecular complexity index is 1470. The lowest BCUT2D eigenvalue weighted by Gasteiger charge is -2.21. The fraction of sp³-hybridized carbons (Fsp3) is 0.207. The van der Waals surface area contributed by atoms with Crippen LogP contribution in [0.3, 0.4) is 0 Å². The van der Waals surface area contributed by atoms with E-state index in [9.17, 15) is 14.4 Å². The van der Waals surface area contributed by atoms with E-state index in [1.165, 1.54) is 9.58 Å². The SMILES string of the molecule is CCCN(CC(=O)c1c(-c2ccccc2)[nH]n(-c2cccc(C)c2C)c1=O)C(=O)c1cccc(Br)c1. The van der Waals surface area contributed by atoms with E-state index in [1.54, 1.807) is 18.2 Å². The summed E-state index contributed by atoms with van der Waals surface area (Å²) in [6.07, 6.45) is 0.679. The third-order valence-electron chi connectivity index (χ3n) is 6.24. The zero-order valence-electron chi connectivity index (χ0n) is 20.5. The van der Waals surface area contributed by atoms with Gasteiger partial charge in [0, 0.05) is 22.1 Å². The Balaban J connectivity index is 1.79. The molecule has 0 aliphatic heterocycles. The highest BCUT2D eigenvalue weighted by atomic mass is 79.9. The van der Waals surface area contributed by atoms with Crippen LogP contribution in [0.4, 0.5) is 0 Å². The number of rotatable bonds is 8. The molecule has 0 aliphatic rings. The Morgan fingerprint density at radius 2 is 1.69 bits per heavy atom. The Morgan fingerprint density at radius 3 is 2.39 bits per heavy atom. The highest BCUT2D eigenvalue weighted by Gasteiger charge is 2.27. The van der Waals surface area contributed by atoms with E-state index < -0.39 is 11.3 Å². The molecule has 4 rings (SSSR count). The number of H-pyrrole nitrogens is 1. The highest BCUT2D eigenvalue weighted by molar-refractivity contribution is 9.10. The molecular weight excluding hydrogens is 518 g/mol. The number of hydrogen-bond acceptors (Lipinski definition) is 3. The van der Waals surface area contributed by atoms with Gasteiger partial charge < -0.3 is 4.90 Å². The van der Waals surface area contributed by atoms with E-state index in [2.05, 4.69) is 21.0 Å². The van der Waals surface area contributed by atoms with Crippen molar-refractivity contribution in [2.75, 3.05) is 13.1 Å². The first-order valence-corrected chi connectivity index (χ1v) is 12.7. The van der Waals surface area contributed by atoms with Gasteiger partial charge in [0.25, 0.3) is 11.5 Å². The van der Waals surface area contributed by atoms with E-state index in [0.717, 1.165) is 21.2 Å². The lowest BCUT2D eigenvalue weighted by molar-refractivity contribution is 0.0709. The predicted molar refractivity (Wildman–Crippen MR) is 146 cm³/mol. The zero-order valence-corrected chi connectivity index (χ0v) is 22.1. The molecule has 1 heterocycles. The first-order chi connectivity index (χ1) is 17.3. The van der Waals surface area contributed by atoms with Crippen molar-refractivity contribution >= 4 is 27.6 Å². The first kappa shape index (κ1) is 25.4. The van der Waals surface area contributed by atoms with Gasteiger partial charge in [-0.2, -0.15) is 0 Å². The number of aryl methyl sites for hydroxylation is 1. The number of hydrogen-bond donors (Lipinski definition) is 1. The Hall–Kier alpha value is -3.71. The van der Waals surface area contributed by atoms with Crippen LogP contribution in [0.2, 0.25) is 0 Å². The van der Waals surface area contributed by atoms with Gasteiger partial charge in [0.05, 0.1) is 17.9 Å². The minimum atomic E-state index is -0.432. The van der Waals surface area contributed by atoms with Gasteiger partial charge in [0.1, 0.15) is 5.56 Å². The second-order valence-corrected chi connectivity index (χ2v) is 9.66. The molecule has 1 N–H and O–H groups in total. The van der Waals surface area contributed by atoms with Gasteiger partial charge in [0.2, 0.25) is 0 Å². The van der Waals surface area contributed by atoms with Gasteiger partial charge in [-0.15, -0.1) is 0 Å². The lowest BCUT2D eigenvalue weighted by Crippen LogP contribution is -2.37. The van der Waals surface area contributed by atoms with Crippen LogP contribution in [-0.2, 0) is 0 Å². The summed E-state index contributed by atoms with van der Waals surface area (Å²) >= 11 is 3.40. The van der Waals surface area contributed by atoms with Gasteiger partial charge in [-0.05, 0) is 55.7 Å². The van der Waals surface area contributed by atoms with E-state index in [1.807, 2.05) is 75.4 Å². The second-order valence-electron chi connectivity index (χ2n) is 8.75. The number of ketones is 1. The molecule has 0 atom stereocenters. The molecule has 4 aromatic rings. The number of benzene rings is 3. The van der Waals surface area contributed by atoms with Crippen LogP contribution in [0.5, 0.6) is 0 Å². The minimum absolute atomic E-state index is 0.0465. The van der Waals surface area contributed by atoms with Gasteiger partial charge in [0.15, 0.2) is 5.78 Å². The minimum Gasteiger partial charge on any atom is -0.331 e. The summed E-state index contributed by atoms with van der Waals surface area (Å²) < 4.78 is 2.21. The molecule has 36 heavy (non-hydrogen) atoms. The van der Waals surface area contributed by atoms with Crippen molar-refractivity contribution in [1.29, 1.82) is 0 Å². The van der Waals surface area contributed by atoms with Crippen molar-refractivity contribution in [3.63, 3.8) is 0 Å². The standard InChI is InChI=1S/C29H28BrN3O3/c1-4-16-32(28(35)22-13-9-14-23(30)17-22)18-25(34)26-27(21-11-6-5-7-12-21)31-33(29(26)36)24-15-8-10-19(2)20(24)3/h5-15,17,31H,4,16,18H2,1-3H3. The molecule has 7 heteroatoms. The lowest BCUT2D eigenvalue weighted by atomic mass is 10.0. The maximum atomic E-state index is 13.7. The number of amides is 1. The third-order valence-corrected chi connectivity index (χ3v) is 6.73. The van der Waals surface area contributed by atoms with Crippen LogP contribution in [0.15, 0.2) is 82.1 Å². The van der Waals surface area contributed by atoms with E-state index >= 15 is 0 Å². The molecule has 0 saturated carbocycles. The van der Waals surface area contributed by atoms with Gasteiger partial charge in [-0.1, -0.05) is 71.4 Å². The molecule has 184 valence electrons. The monoisotopic (exact) mass is 545 g/mol. The number of nitrogens with one attached hydrogen (secondary N) is 1. The van der Waals surface area contributed by atoms with Crippen LogP contribution < -0.4 is 5.56 Å². The zero-order chi connectivity index (χ0) is 25.8. The topological polar surface area (TPSA) is 75.2 Å². The summed E-state index contributed by atoms with van der Waals surface area (Å²) in [7, 11) is 0. The third kappa shape index (κ3) is 5.11. The molecule has 0 fully saturated rings. The van der Waals surface area contributed by atoms with Crippen molar-refractivity contribution in [1.82, 2.24) is 14.7 Å². The van der Waals surface area contributed by atoms with E-state index in [0.29, 0.717) is 29.9 Å². The van der Waals surface area contributed by atoms with Crippen LogP contribution in [0, 0.1) is 13.8 Å². The molecule has 1 amide bonds. The summed E-state index contributed by atoms with van der Waals surface area (Å²) in [4.78, 5) is 42.2. The summed E-state index contributed by atoms with van der Waals surface area (Å²) in [5.74, 6) is -0.658. The molecule has 0 radical (unpaired) electrons. The molecule has 0 spiro atoms. The van der Waals surface area contributed by atoms with Crippen molar-refractivity contribution in [3.8, 4) is 16.9 Å². The Morgan fingerprint density at radius 1 is 0.972 bits per heavy atom. The second kappa shape index (κ2) is 10.9. The average molecular weight is 546 g/mol. The first-order valence-electron chi connectivity index (χ1n) is 11.9. The quantitative estimate of drug-likeness (QED) is 0.278. The van der Waals surface area contributed by atoms with Crippen molar-refractivity contribution in [3.05, 3.63) is 110 Å². The number of nitrogens with zero attached hydrogens (tertiary/aromatic N) is 2. The molecule has 6 nitrogen and oxygen atoms in total. The summed E-state index contributed by atoms with van der Waals surface area (Å²) in [5.41, 5.74) is 3.93.